The van der Waals surface area contributed by atoms with Gasteiger partial charge in [-0.15, -0.1) is 0 Å². The van der Waals surface area contributed by atoms with Crippen LogP contribution in [0.4, 0.5) is 0 Å². The first kappa shape index (κ1) is 14.5. The van der Waals surface area contributed by atoms with Crippen molar-refractivity contribution in [2.75, 3.05) is 6.54 Å². The van der Waals surface area contributed by atoms with Crippen LogP contribution in [0.5, 0.6) is 0 Å². The molecule has 0 heterocycles. The molecule has 1 aromatic carbocycles. The molecule has 0 saturated carbocycles. The number of carbonyl (C=O) groups excluding carboxylic acids is 1. The Kier molecular flexibility index (Phi) is 4.62. The van der Waals surface area contributed by atoms with E-state index in [-0.39, 0.29) is 20.0 Å². The number of hydrogen-bond donors (Lipinski definition) is 1. The summed E-state index contributed by atoms with van der Waals surface area (Å²) in [6.45, 7) is -0.862. The second-order valence-corrected chi connectivity index (χ2v) is 5.85. The second kappa shape index (κ2) is 5.41. The number of benzene rings is 1. The highest BCUT2D eigenvalue weighted by Gasteiger charge is 2.19. The lowest BCUT2D eigenvalue weighted by molar-refractivity contribution is -0.303. The van der Waals surface area contributed by atoms with Crippen molar-refractivity contribution in [2.45, 2.75) is 4.90 Å². The number of nitrogens with one attached hydrogen (secondary N) is 1. The fourth-order valence-corrected chi connectivity index (χ4v) is 2.91. The molecular formula is C8H5Cl3NO4S-. The van der Waals surface area contributed by atoms with Gasteiger partial charge in [-0.05, 0) is 12.1 Å². The maximum atomic E-state index is 11.6. The van der Waals surface area contributed by atoms with Crippen LogP contribution in [0.15, 0.2) is 17.0 Å². The Morgan fingerprint density at radius 3 is 2.24 bits per heavy atom. The average molecular weight is 318 g/mol. The zero-order chi connectivity index (χ0) is 13.2. The van der Waals surface area contributed by atoms with Crippen molar-refractivity contribution in [3.05, 3.63) is 27.2 Å². The number of halogens is 3. The molecule has 17 heavy (non-hydrogen) atoms. The molecule has 0 atom stereocenters. The van der Waals surface area contributed by atoms with Crippen LogP contribution in [-0.2, 0) is 14.8 Å². The molecule has 0 radical (unpaired) electrons. The Balaban J connectivity index is 3.15. The molecular weight excluding hydrogens is 313 g/mol. The molecule has 0 aliphatic rings. The van der Waals surface area contributed by atoms with Crippen molar-refractivity contribution >= 4 is 50.8 Å². The van der Waals surface area contributed by atoms with Crippen molar-refractivity contribution in [2.24, 2.45) is 0 Å². The van der Waals surface area contributed by atoms with Crippen LogP contribution in [0, 0.1) is 0 Å². The van der Waals surface area contributed by atoms with E-state index in [2.05, 4.69) is 0 Å². The molecule has 0 aromatic heterocycles. The molecule has 0 unspecified atom stereocenters. The van der Waals surface area contributed by atoms with E-state index >= 15 is 0 Å². The van der Waals surface area contributed by atoms with Crippen LogP contribution in [-0.4, -0.2) is 20.9 Å². The molecule has 0 saturated heterocycles. The van der Waals surface area contributed by atoms with Gasteiger partial charge in [0.1, 0.15) is 4.90 Å². The molecule has 5 nitrogen and oxygen atoms in total. The Hall–Kier alpha value is -0.530. The molecule has 1 N–H and O–H groups in total. The van der Waals surface area contributed by atoms with E-state index in [9.17, 15) is 18.3 Å². The van der Waals surface area contributed by atoms with Crippen LogP contribution in [0.1, 0.15) is 0 Å². The molecule has 0 bridgehead atoms. The van der Waals surface area contributed by atoms with Gasteiger partial charge in [-0.1, -0.05) is 34.8 Å². The molecule has 0 spiro atoms. The quantitative estimate of drug-likeness (QED) is 0.827. The summed E-state index contributed by atoms with van der Waals surface area (Å²) in [4.78, 5) is 9.81. The minimum absolute atomic E-state index is 0.00936. The predicted octanol–water partition coefficient (Wildman–Crippen LogP) is 0.675. The van der Waals surface area contributed by atoms with E-state index < -0.39 is 22.5 Å². The highest BCUT2D eigenvalue weighted by atomic mass is 35.5. The van der Waals surface area contributed by atoms with Crippen LogP contribution in [0.3, 0.4) is 0 Å². The Labute approximate surface area is 112 Å². The predicted molar refractivity (Wildman–Crippen MR) is 61.7 cm³/mol. The summed E-state index contributed by atoms with van der Waals surface area (Å²) in [5.41, 5.74) is 0. The van der Waals surface area contributed by atoms with Gasteiger partial charge in [-0.3, -0.25) is 0 Å². The zero-order valence-electron chi connectivity index (χ0n) is 8.04. The number of carboxylic acid groups (broad SMARTS) is 1. The molecule has 0 aliphatic carbocycles. The van der Waals surface area contributed by atoms with Crippen molar-refractivity contribution in [3.8, 4) is 0 Å². The van der Waals surface area contributed by atoms with Crippen molar-refractivity contribution in [1.82, 2.24) is 4.72 Å². The maximum absolute atomic E-state index is 11.6. The van der Waals surface area contributed by atoms with Gasteiger partial charge in [0.15, 0.2) is 0 Å². The number of sulfonamides is 1. The minimum atomic E-state index is -4.07. The van der Waals surface area contributed by atoms with Crippen molar-refractivity contribution in [1.29, 1.82) is 0 Å². The molecule has 1 aromatic rings. The fraction of sp³-hybridized carbons (Fsp3) is 0.125. The zero-order valence-corrected chi connectivity index (χ0v) is 11.1. The summed E-state index contributed by atoms with van der Waals surface area (Å²) in [6.07, 6.45) is 0. The molecule has 0 aliphatic heterocycles. The second-order valence-electron chi connectivity index (χ2n) is 2.89. The summed E-state index contributed by atoms with van der Waals surface area (Å²) in [7, 11) is -4.07. The lowest BCUT2D eigenvalue weighted by Crippen LogP contribution is -2.37. The standard InChI is InChI=1S/C8H6Cl3NO4S/c9-4-1-6(11)7(2-5(4)10)17(15,16)12-3-8(13)14/h1-2,12H,3H2,(H,13,14)/p-1. The van der Waals surface area contributed by atoms with E-state index in [4.69, 9.17) is 34.8 Å². The maximum Gasteiger partial charge on any atom is 0.242 e. The van der Waals surface area contributed by atoms with Crippen LogP contribution in [0.25, 0.3) is 0 Å². The van der Waals surface area contributed by atoms with E-state index in [0.29, 0.717) is 0 Å². The molecule has 9 heteroatoms. The summed E-state index contributed by atoms with van der Waals surface area (Å²) in [6, 6.07) is 2.18. The van der Waals surface area contributed by atoms with E-state index in [0.717, 1.165) is 12.1 Å². The first-order valence-electron chi connectivity index (χ1n) is 4.08. The highest BCUT2D eigenvalue weighted by Crippen LogP contribution is 2.31. The molecule has 0 amide bonds. The smallest absolute Gasteiger partial charge is 0.242 e. The lowest BCUT2D eigenvalue weighted by Gasteiger charge is -2.09. The minimum Gasteiger partial charge on any atom is -0.549 e. The van der Waals surface area contributed by atoms with Gasteiger partial charge in [0, 0.05) is 0 Å². The molecule has 94 valence electrons. The topological polar surface area (TPSA) is 86.3 Å². The largest absolute Gasteiger partial charge is 0.549 e. The highest BCUT2D eigenvalue weighted by molar-refractivity contribution is 7.89. The number of hydrogen-bond acceptors (Lipinski definition) is 4. The summed E-state index contributed by atoms with van der Waals surface area (Å²) in [5, 5.41) is 10.1. The first-order chi connectivity index (χ1) is 7.74. The SMILES string of the molecule is O=C([O-])CNS(=O)(=O)c1cc(Cl)c(Cl)cc1Cl. The Bertz CT molecular complexity index is 558. The number of carbonyl (C=O) groups is 1. The third kappa shape index (κ3) is 3.72. The van der Waals surface area contributed by atoms with Gasteiger partial charge in [0.2, 0.25) is 10.0 Å². The monoisotopic (exact) mass is 316 g/mol. The lowest BCUT2D eigenvalue weighted by atomic mass is 10.4. The number of aliphatic carboxylic acids is 1. The first-order valence-corrected chi connectivity index (χ1v) is 6.70. The van der Waals surface area contributed by atoms with Gasteiger partial charge in [-0.2, -0.15) is 0 Å². The van der Waals surface area contributed by atoms with Gasteiger partial charge >= 0.3 is 0 Å². The van der Waals surface area contributed by atoms with Crippen LogP contribution < -0.4 is 9.83 Å². The summed E-state index contributed by atoms with van der Waals surface area (Å²) < 4.78 is 25.1. The van der Waals surface area contributed by atoms with E-state index in [1.165, 1.54) is 0 Å². The number of rotatable bonds is 4. The third-order valence-electron chi connectivity index (χ3n) is 1.67. The van der Waals surface area contributed by atoms with Crippen molar-refractivity contribution in [3.63, 3.8) is 0 Å². The Morgan fingerprint density at radius 1 is 1.18 bits per heavy atom. The number of carboxylic acids is 1. The van der Waals surface area contributed by atoms with Crippen LogP contribution >= 0.6 is 34.8 Å². The van der Waals surface area contributed by atoms with E-state index in [1.807, 2.05) is 0 Å². The average Bonchev–Trinajstić information content (AvgIpc) is 2.20. The van der Waals surface area contributed by atoms with Gasteiger partial charge in [0.05, 0.1) is 27.6 Å². The van der Waals surface area contributed by atoms with Crippen molar-refractivity contribution < 1.29 is 18.3 Å². The normalized spacial score (nSPS) is 11.5. The van der Waals surface area contributed by atoms with Gasteiger partial charge in [0.25, 0.3) is 0 Å². The molecule has 1 rings (SSSR count). The summed E-state index contributed by atoms with van der Waals surface area (Å²) in [5.74, 6) is -1.57. The Morgan fingerprint density at radius 2 is 1.71 bits per heavy atom. The fourth-order valence-electron chi connectivity index (χ4n) is 0.942. The molecule has 0 fully saturated rings. The third-order valence-corrected chi connectivity index (χ3v) is 4.26. The van der Waals surface area contributed by atoms with Gasteiger partial charge < -0.3 is 9.90 Å². The van der Waals surface area contributed by atoms with Gasteiger partial charge in [-0.25, -0.2) is 13.1 Å². The summed E-state index contributed by atoms with van der Waals surface area (Å²) >= 11 is 16.9. The van der Waals surface area contributed by atoms with Crippen LogP contribution in [0.2, 0.25) is 15.1 Å². The van der Waals surface area contributed by atoms with E-state index in [1.54, 1.807) is 4.72 Å².